The van der Waals surface area contributed by atoms with Gasteiger partial charge in [0.2, 0.25) is 0 Å². The summed E-state index contributed by atoms with van der Waals surface area (Å²) in [5.41, 5.74) is -1.77. The minimum atomic E-state index is -4.52. The number of carbonyl (C=O) groups is 1. The molecule has 0 bridgehead atoms. The number of aromatic amines is 1. The molecule has 0 spiro atoms. The third-order valence-corrected chi connectivity index (χ3v) is 6.58. The molecule has 2 aromatic rings. The summed E-state index contributed by atoms with van der Waals surface area (Å²) in [7, 11) is -4.52. The van der Waals surface area contributed by atoms with E-state index in [1.165, 1.54) is 19.1 Å². The van der Waals surface area contributed by atoms with Crippen LogP contribution in [0.2, 0.25) is 0 Å². The Morgan fingerprint density at radius 3 is 2.53 bits per heavy atom. The van der Waals surface area contributed by atoms with Crippen molar-refractivity contribution in [2.24, 2.45) is 0 Å². The molecule has 4 N–H and O–H groups in total. The van der Waals surface area contributed by atoms with E-state index in [0.717, 1.165) is 12.3 Å². The van der Waals surface area contributed by atoms with E-state index in [4.69, 9.17) is 18.5 Å². The number of carbonyl (C=O) groups excluding carboxylic acids is 1. The van der Waals surface area contributed by atoms with Crippen LogP contribution in [-0.4, -0.2) is 62.5 Å². The second-order valence-electron chi connectivity index (χ2n) is 8.26. The molecule has 13 nitrogen and oxygen atoms in total. The smallest absolute Gasteiger partial charge is 0.459 e. The maximum absolute atomic E-state index is 15.6. The fraction of sp³-hybridized carbons (Fsp3) is 0.476. The summed E-state index contributed by atoms with van der Waals surface area (Å²) in [6.07, 6.45) is -5.50. The molecule has 3 unspecified atom stereocenters. The SMILES string of the molecule is CC(C)OC(=O)C(C)NP(=O)(OC[C@@]1(F)OC(n2ccc(=O)[nH]c2=O)[C@H](O)[C@@H]1O)Oc1ccccc1. The van der Waals surface area contributed by atoms with Gasteiger partial charge < -0.3 is 24.2 Å². The first-order chi connectivity index (χ1) is 16.8. The Balaban J connectivity index is 1.81. The summed E-state index contributed by atoms with van der Waals surface area (Å²) < 4.78 is 50.5. The van der Waals surface area contributed by atoms with Gasteiger partial charge in [-0.3, -0.25) is 23.7 Å². The Hall–Kier alpha value is -2.87. The average Bonchev–Trinajstić information content (AvgIpc) is 3.02. The predicted molar refractivity (Wildman–Crippen MR) is 122 cm³/mol. The van der Waals surface area contributed by atoms with Crippen molar-refractivity contribution in [1.82, 2.24) is 14.6 Å². The second-order valence-corrected chi connectivity index (χ2v) is 9.95. The van der Waals surface area contributed by atoms with E-state index in [2.05, 4.69) is 5.09 Å². The predicted octanol–water partition coefficient (Wildman–Crippen LogP) is 0.586. The molecule has 0 aliphatic carbocycles. The average molecular weight is 531 g/mol. The maximum atomic E-state index is 15.6. The molecule has 1 aliphatic heterocycles. The van der Waals surface area contributed by atoms with E-state index in [1.54, 1.807) is 32.0 Å². The van der Waals surface area contributed by atoms with Crippen molar-refractivity contribution in [3.05, 3.63) is 63.4 Å². The van der Waals surface area contributed by atoms with Crippen LogP contribution in [0.15, 0.2) is 52.2 Å². The minimum absolute atomic E-state index is 0.0521. The number of rotatable bonds is 10. The summed E-state index contributed by atoms with van der Waals surface area (Å²) in [6.45, 7) is 3.30. The van der Waals surface area contributed by atoms with Crippen LogP contribution in [0.1, 0.15) is 27.0 Å². The third-order valence-electron chi connectivity index (χ3n) is 4.96. The number of hydrogen-bond acceptors (Lipinski definition) is 10. The molecular weight excluding hydrogens is 504 g/mol. The molecule has 1 fully saturated rings. The number of aromatic nitrogens is 2. The molecule has 1 aromatic carbocycles. The van der Waals surface area contributed by atoms with Crippen LogP contribution in [0.5, 0.6) is 5.75 Å². The highest BCUT2D eigenvalue weighted by Crippen LogP contribution is 2.48. The first-order valence-corrected chi connectivity index (χ1v) is 12.4. The highest BCUT2D eigenvalue weighted by Gasteiger charge is 2.57. The summed E-state index contributed by atoms with van der Waals surface area (Å²) in [5, 5.41) is 23.0. The number of esters is 1. The molecule has 3 rings (SSSR count). The fourth-order valence-corrected chi connectivity index (χ4v) is 4.73. The standard InChI is InChI=1S/C21H27FN3O10P/c1-12(2)33-19(29)13(3)24-36(31,35-14-7-5-4-6-8-14)32-11-21(22)17(28)16(27)18(34-21)25-10-9-15(26)23-20(25)30/h4-10,12-13,16-18,27-28H,11H2,1-3H3,(H,24,31)(H,23,26,30)/t13?,16-,17+,18?,21-,36?/m1/s1. The quantitative estimate of drug-likeness (QED) is 0.249. The first kappa shape index (κ1) is 27.7. The van der Waals surface area contributed by atoms with Crippen molar-refractivity contribution in [3.8, 4) is 5.75 Å². The highest BCUT2D eigenvalue weighted by atomic mass is 31.2. The molecule has 198 valence electrons. The van der Waals surface area contributed by atoms with Gasteiger partial charge >= 0.3 is 19.4 Å². The number of hydrogen-bond donors (Lipinski definition) is 4. The zero-order chi connectivity index (χ0) is 26.7. The molecule has 0 amide bonds. The topological polar surface area (TPSA) is 178 Å². The summed E-state index contributed by atoms with van der Waals surface area (Å²) >= 11 is 0. The number of ether oxygens (including phenoxy) is 2. The van der Waals surface area contributed by atoms with E-state index >= 15 is 4.39 Å². The summed E-state index contributed by atoms with van der Waals surface area (Å²) in [6, 6.07) is 7.38. The van der Waals surface area contributed by atoms with Crippen molar-refractivity contribution >= 4 is 13.7 Å². The van der Waals surface area contributed by atoms with Crippen molar-refractivity contribution in [2.75, 3.05) is 6.61 Å². The third kappa shape index (κ3) is 6.46. The van der Waals surface area contributed by atoms with Gasteiger partial charge in [-0.2, -0.15) is 5.09 Å². The van der Waals surface area contributed by atoms with Gasteiger partial charge in [-0.25, -0.2) is 13.8 Å². The van der Waals surface area contributed by atoms with Gasteiger partial charge in [0.15, 0.2) is 6.23 Å². The lowest BCUT2D eigenvalue weighted by Gasteiger charge is -2.27. The minimum Gasteiger partial charge on any atom is -0.462 e. The Labute approximate surface area is 204 Å². The largest absolute Gasteiger partial charge is 0.462 e. The molecule has 0 radical (unpaired) electrons. The number of halogens is 1. The van der Waals surface area contributed by atoms with Crippen LogP contribution in [0, 0.1) is 0 Å². The number of nitrogens with one attached hydrogen (secondary N) is 2. The van der Waals surface area contributed by atoms with E-state index < -0.39 is 68.0 Å². The number of H-pyrrole nitrogens is 1. The van der Waals surface area contributed by atoms with Crippen molar-refractivity contribution in [1.29, 1.82) is 0 Å². The monoisotopic (exact) mass is 531 g/mol. The van der Waals surface area contributed by atoms with Gasteiger partial charge in [-0.1, -0.05) is 18.2 Å². The Bertz CT molecular complexity index is 1220. The maximum Gasteiger partial charge on any atom is 0.459 e. The normalized spacial score (nSPS) is 26.4. The van der Waals surface area contributed by atoms with E-state index in [9.17, 15) is 29.2 Å². The van der Waals surface area contributed by atoms with Crippen molar-refractivity contribution < 1.29 is 42.5 Å². The second kappa shape index (κ2) is 11.0. The van der Waals surface area contributed by atoms with Gasteiger partial charge in [0.1, 0.15) is 30.6 Å². The van der Waals surface area contributed by atoms with Gasteiger partial charge in [0.05, 0.1) is 6.10 Å². The van der Waals surface area contributed by atoms with E-state index in [-0.39, 0.29) is 5.75 Å². The van der Waals surface area contributed by atoms with Crippen molar-refractivity contribution in [2.45, 2.75) is 57.2 Å². The number of aliphatic hydroxyl groups is 2. The Morgan fingerprint density at radius 1 is 1.25 bits per heavy atom. The Kier molecular flexibility index (Phi) is 8.49. The van der Waals surface area contributed by atoms with Crippen LogP contribution in [0.4, 0.5) is 4.39 Å². The molecule has 36 heavy (non-hydrogen) atoms. The van der Waals surface area contributed by atoms with E-state index in [1.807, 2.05) is 4.98 Å². The molecule has 2 heterocycles. The van der Waals surface area contributed by atoms with E-state index in [0.29, 0.717) is 4.57 Å². The number of aliphatic hydroxyl groups excluding tert-OH is 2. The van der Waals surface area contributed by atoms with Gasteiger partial charge in [-0.15, -0.1) is 0 Å². The lowest BCUT2D eigenvalue weighted by molar-refractivity contribution is -0.204. The molecule has 15 heteroatoms. The van der Waals surface area contributed by atoms with Crippen molar-refractivity contribution in [3.63, 3.8) is 0 Å². The number of alkyl halides is 1. The van der Waals surface area contributed by atoms with Crippen LogP contribution < -0.4 is 20.9 Å². The van der Waals surface area contributed by atoms with Crippen LogP contribution >= 0.6 is 7.75 Å². The first-order valence-electron chi connectivity index (χ1n) is 10.9. The molecule has 1 aliphatic rings. The summed E-state index contributed by atoms with van der Waals surface area (Å²) in [5.74, 6) is -3.90. The lowest BCUT2D eigenvalue weighted by Crippen LogP contribution is -2.44. The molecular formula is C21H27FN3O10P. The van der Waals surface area contributed by atoms with Crippen LogP contribution in [0.25, 0.3) is 0 Å². The van der Waals surface area contributed by atoms with Crippen LogP contribution in [0.3, 0.4) is 0 Å². The Morgan fingerprint density at radius 2 is 1.92 bits per heavy atom. The highest BCUT2D eigenvalue weighted by molar-refractivity contribution is 7.52. The number of nitrogens with zero attached hydrogens (tertiary/aromatic N) is 1. The number of benzene rings is 1. The summed E-state index contributed by atoms with van der Waals surface area (Å²) in [4.78, 5) is 37.4. The zero-order valence-corrected chi connectivity index (χ0v) is 20.5. The fourth-order valence-electron chi connectivity index (χ4n) is 3.23. The van der Waals surface area contributed by atoms with Gasteiger partial charge in [0, 0.05) is 12.3 Å². The van der Waals surface area contributed by atoms with Gasteiger partial charge in [-0.05, 0) is 32.9 Å². The number of para-hydroxylation sites is 1. The molecule has 6 atom stereocenters. The molecule has 0 saturated carbocycles. The lowest BCUT2D eigenvalue weighted by atomic mass is 10.1. The van der Waals surface area contributed by atoms with Gasteiger partial charge in [0.25, 0.3) is 11.4 Å². The molecule has 1 aromatic heterocycles. The molecule has 1 saturated heterocycles. The van der Waals surface area contributed by atoms with Crippen LogP contribution in [-0.2, 0) is 23.4 Å². The zero-order valence-electron chi connectivity index (χ0n) is 19.6.